The number of benzene rings is 1. The fourth-order valence-corrected chi connectivity index (χ4v) is 2.84. The molecule has 0 spiro atoms. The number of carbonyl (C=O) groups is 1. The van der Waals surface area contributed by atoms with Crippen molar-refractivity contribution in [2.45, 2.75) is 0 Å². The van der Waals surface area contributed by atoms with Crippen LogP contribution in [0.3, 0.4) is 0 Å². The van der Waals surface area contributed by atoms with Gasteiger partial charge in [0, 0.05) is 54.7 Å². The van der Waals surface area contributed by atoms with Gasteiger partial charge in [-0.2, -0.15) is 0 Å². The van der Waals surface area contributed by atoms with Crippen LogP contribution in [0.15, 0.2) is 42.7 Å². The summed E-state index contributed by atoms with van der Waals surface area (Å²) in [4.78, 5) is 20.9. The molecule has 4 nitrogen and oxygen atoms in total. The molecular formula is C17H18ClN3O. The number of rotatable bonds is 2. The van der Waals surface area contributed by atoms with Gasteiger partial charge in [0.15, 0.2) is 0 Å². The maximum atomic E-state index is 12.6. The van der Waals surface area contributed by atoms with E-state index in [2.05, 4.69) is 16.9 Å². The van der Waals surface area contributed by atoms with Crippen molar-refractivity contribution in [2.75, 3.05) is 33.2 Å². The number of halogens is 1. The standard InChI is InChI=1S/C17H18ClN3O/c1-20-6-8-21(9-7-20)17(22)14-10-13(11-19-12-14)15-4-2-3-5-16(15)18/h2-5,10-12H,6-9H2,1H3. The number of piperazine rings is 1. The zero-order valence-electron chi connectivity index (χ0n) is 12.5. The monoisotopic (exact) mass is 315 g/mol. The van der Waals surface area contributed by atoms with Gasteiger partial charge in [-0.25, -0.2) is 0 Å². The highest BCUT2D eigenvalue weighted by molar-refractivity contribution is 6.33. The van der Waals surface area contributed by atoms with Crippen LogP contribution in [0.5, 0.6) is 0 Å². The zero-order chi connectivity index (χ0) is 15.5. The van der Waals surface area contributed by atoms with Crippen LogP contribution >= 0.6 is 11.6 Å². The average molecular weight is 316 g/mol. The summed E-state index contributed by atoms with van der Waals surface area (Å²) in [5, 5.41) is 0.661. The van der Waals surface area contributed by atoms with E-state index in [9.17, 15) is 4.79 Å². The topological polar surface area (TPSA) is 36.4 Å². The Kier molecular flexibility index (Phi) is 4.41. The van der Waals surface area contributed by atoms with E-state index in [0.717, 1.165) is 37.3 Å². The summed E-state index contributed by atoms with van der Waals surface area (Å²) in [5.41, 5.74) is 2.37. The van der Waals surface area contributed by atoms with E-state index in [4.69, 9.17) is 11.6 Å². The van der Waals surface area contributed by atoms with E-state index in [1.54, 1.807) is 12.4 Å². The number of likely N-dealkylation sites (N-methyl/N-ethyl adjacent to an activating group) is 1. The Bertz CT molecular complexity index is 681. The van der Waals surface area contributed by atoms with E-state index in [-0.39, 0.29) is 5.91 Å². The van der Waals surface area contributed by atoms with Gasteiger partial charge in [-0.3, -0.25) is 9.78 Å². The molecule has 0 radical (unpaired) electrons. The molecule has 1 aliphatic heterocycles. The van der Waals surface area contributed by atoms with Crippen molar-refractivity contribution in [1.29, 1.82) is 0 Å². The van der Waals surface area contributed by atoms with Crippen LogP contribution in [0.1, 0.15) is 10.4 Å². The molecule has 0 atom stereocenters. The molecule has 114 valence electrons. The van der Waals surface area contributed by atoms with Gasteiger partial charge in [-0.15, -0.1) is 0 Å². The molecule has 0 saturated carbocycles. The normalized spacial score (nSPS) is 15.8. The van der Waals surface area contributed by atoms with Crippen molar-refractivity contribution in [3.8, 4) is 11.1 Å². The maximum absolute atomic E-state index is 12.6. The molecule has 2 heterocycles. The van der Waals surface area contributed by atoms with E-state index >= 15 is 0 Å². The summed E-state index contributed by atoms with van der Waals surface area (Å²) >= 11 is 6.23. The van der Waals surface area contributed by atoms with Crippen molar-refractivity contribution >= 4 is 17.5 Å². The molecule has 1 fully saturated rings. The first kappa shape index (κ1) is 15.0. The number of carbonyl (C=O) groups excluding carboxylic acids is 1. The van der Waals surface area contributed by atoms with Gasteiger partial charge in [-0.05, 0) is 19.2 Å². The van der Waals surface area contributed by atoms with E-state index in [1.807, 2.05) is 35.2 Å². The molecule has 1 saturated heterocycles. The van der Waals surface area contributed by atoms with Crippen LogP contribution in [-0.4, -0.2) is 53.9 Å². The van der Waals surface area contributed by atoms with Crippen LogP contribution in [0.4, 0.5) is 0 Å². The lowest BCUT2D eigenvalue weighted by atomic mass is 10.1. The highest BCUT2D eigenvalue weighted by atomic mass is 35.5. The molecule has 22 heavy (non-hydrogen) atoms. The minimum Gasteiger partial charge on any atom is -0.336 e. The van der Waals surface area contributed by atoms with E-state index < -0.39 is 0 Å². The molecular weight excluding hydrogens is 298 g/mol. The predicted octanol–water partition coefficient (Wildman–Crippen LogP) is 2.79. The van der Waals surface area contributed by atoms with Crippen LogP contribution in [0.25, 0.3) is 11.1 Å². The van der Waals surface area contributed by atoms with Crippen molar-refractivity contribution in [1.82, 2.24) is 14.8 Å². The highest BCUT2D eigenvalue weighted by Crippen LogP contribution is 2.27. The van der Waals surface area contributed by atoms with Crippen molar-refractivity contribution < 1.29 is 4.79 Å². The van der Waals surface area contributed by atoms with E-state index in [1.165, 1.54) is 0 Å². The fourth-order valence-electron chi connectivity index (χ4n) is 2.59. The number of aromatic nitrogens is 1. The lowest BCUT2D eigenvalue weighted by Gasteiger charge is -2.32. The number of amides is 1. The van der Waals surface area contributed by atoms with Gasteiger partial charge in [-0.1, -0.05) is 29.8 Å². The maximum Gasteiger partial charge on any atom is 0.255 e. The van der Waals surface area contributed by atoms with Crippen molar-refractivity contribution in [3.63, 3.8) is 0 Å². The molecule has 1 aromatic carbocycles. The van der Waals surface area contributed by atoms with Crippen LogP contribution in [0.2, 0.25) is 5.02 Å². The molecule has 1 aliphatic rings. The Morgan fingerprint density at radius 2 is 1.86 bits per heavy atom. The summed E-state index contributed by atoms with van der Waals surface area (Å²) in [7, 11) is 2.07. The SMILES string of the molecule is CN1CCN(C(=O)c2cncc(-c3ccccc3Cl)c2)CC1. The Hall–Kier alpha value is -1.91. The quantitative estimate of drug-likeness (QED) is 0.855. The van der Waals surface area contributed by atoms with Crippen LogP contribution < -0.4 is 0 Å². The second-order valence-corrected chi connectivity index (χ2v) is 5.94. The number of pyridine rings is 1. The summed E-state index contributed by atoms with van der Waals surface area (Å²) in [6, 6.07) is 9.46. The molecule has 0 aliphatic carbocycles. The molecule has 1 aromatic heterocycles. The third-order valence-corrected chi connectivity index (χ3v) is 4.29. The zero-order valence-corrected chi connectivity index (χ0v) is 13.3. The van der Waals surface area contributed by atoms with Crippen molar-refractivity contribution in [3.05, 3.63) is 53.3 Å². The number of nitrogens with zero attached hydrogens (tertiary/aromatic N) is 3. The Morgan fingerprint density at radius 3 is 2.59 bits per heavy atom. The van der Waals surface area contributed by atoms with Gasteiger partial charge in [0.05, 0.1) is 5.56 Å². The molecule has 0 bridgehead atoms. The van der Waals surface area contributed by atoms with Gasteiger partial charge < -0.3 is 9.80 Å². The van der Waals surface area contributed by atoms with E-state index in [0.29, 0.717) is 10.6 Å². The minimum atomic E-state index is 0.0366. The van der Waals surface area contributed by atoms with Gasteiger partial charge in [0.1, 0.15) is 0 Å². The summed E-state index contributed by atoms with van der Waals surface area (Å²) in [6.07, 6.45) is 3.36. The lowest BCUT2D eigenvalue weighted by molar-refractivity contribution is 0.0663. The molecule has 1 amide bonds. The summed E-state index contributed by atoms with van der Waals surface area (Å²) < 4.78 is 0. The predicted molar refractivity (Wildman–Crippen MR) is 88.1 cm³/mol. The van der Waals surface area contributed by atoms with Gasteiger partial charge in [0.2, 0.25) is 0 Å². The third kappa shape index (κ3) is 3.13. The Balaban J connectivity index is 1.85. The molecule has 3 rings (SSSR count). The van der Waals surface area contributed by atoms with Gasteiger partial charge in [0.25, 0.3) is 5.91 Å². The highest BCUT2D eigenvalue weighted by Gasteiger charge is 2.21. The minimum absolute atomic E-state index is 0.0366. The van der Waals surface area contributed by atoms with Crippen LogP contribution in [-0.2, 0) is 0 Å². The molecule has 2 aromatic rings. The second kappa shape index (κ2) is 6.46. The molecule has 5 heteroatoms. The lowest BCUT2D eigenvalue weighted by Crippen LogP contribution is -2.47. The van der Waals surface area contributed by atoms with Gasteiger partial charge >= 0.3 is 0 Å². The third-order valence-electron chi connectivity index (χ3n) is 3.96. The smallest absolute Gasteiger partial charge is 0.255 e. The van der Waals surface area contributed by atoms with Crippen molar-refractivity contribution in [2.24, 2.45) is 0 Å². The Labute approximate surface area is 135 Å². The number of hydrogen-bond donors (Lipinski definition) is 0. The number of hydrogen-bond acceptors (Lipinski definition) is 3. The Morgan fingerprint density at radius 1 is 1.14 bits per heavy atom. The first-order valence-corrected chi connectivity index (χ1v) is 7.71. The molecule has 0 N–H and O–H groups in total. The summed E-state index contributed by atoms with van der Waals surface area (Å²) in [5.74, 6) is 0.0366. The molecule has 0 unspecified atom stereocenters. The van der Waals surface area contributed by atoms with Crippen LogP contribution in [0, 0.1) is 0 Å². The fraction of sp³-hybridized carbons (Fsp3) is 0.294. The first-order valence-electron chi connectivity index (χ1n) is 7.33. The average Bonchev–Trinajstić information content (AvgIpc) is 2.55. The second-order valence-electron chi connectivity index (χ2n) is 5.54. The summed E-state index contributed by atoms with van der Waals surface area (Å²) in [6.45, 7) is 3.32. The first-order chi connectivity index (χ1) is 10.6. The largest absolute Gasteiger partial charge is 0.336 e.